The highest BCUT2D eigenvalue weighted by atomic mass is 16.3. The number of hydrogen-bond acceptors (Lipinski definition) is 3. The van der Waals surface area contributed by atoms with E-state index in [2.05, 4.69) is 220 Å². The smallest absolute Gasteiger partial charge is 0.297 e. The lowest BCUT2D eigenvalue weighted by Gasteiger charge is -2.47. The van der Waals surface area contributed by atoms with E-state index < -0.39 is 0 Å². The van der Waals surface area contributed by atoms with Gasteiger partial charge in [-0.2, -0.15) is 0 Å². The van der Waals surface area contributed by atoms with Crippen molar-refractivity contribution in [3.05, 3.63) is 172 Å². The van der Waals surface area contributed by atoms with Crippen LogP contribution in [0, 0.1) is 6.92 Å². The minimum absolute atomic E-state index is 0.0130. The zero-order chi connectivity index (χ0) is 49.8. The van der Waals surface area contributed by atoms with Gasteiger partial charge in [0.1, 0.15) is 5.58 Å². The molecule has 3 aliphatic carbocycles. The number of benzene rings is 7. The summed E-state index contributed by atoms with van der Waals surface area (Å²) in [6, 6.07) is 50.7. The van der Waals surface area contributed by atoms with Crippen LogP contribution >= 0.6 is 0 Å². The molecule has 14 rings (SSSR count). The fourth-order valence-corrected chi connectivity index (χ4v) is 14.9. The summed E-state index contributed by atoms with van der Waals surface area (Å²) in [5.41, 5.74) is 28.4. The van der Waals surface area contributed by atoms with Crippen molar-refractivity contribution in [2.75, 3.05) is 9.80 Å². The first kappa shape index (κ1) is 44.4. The first-order valence-corrected chi connectivity index (χ1v) is 27.2. The van der Waals surface area contributed by atoms with Crippen LogP contribution in [-0.4, -0.2) is 6.71 Å². The molecule has 7 aromatic carbocycles. The molecule has 72 heavy (non-hydrogen) atoms. The monoisotopic (exact) mass is 941 g/mol. The number of hydrogen-bond donors (Lipinski definition) is 0. The van der Waals surface area contributed by atoms with Crippen LogP contribution in [0.3, 0.4) is 0 Å². The highest BCUT2D eigenvalue weighted by molar-refractivity contribution is 7.00. The largest absolute Gasteiger partial charge is 0.468 e. The molecule has 360 valence electrons. The molecule has 1 aromatic heterocycles. The summed E-state index contributed by atoms with van der Waals surface area (Å²) in [7, 11) is 0. The van der Waals surface area contributed by atoms with Gasteiger partial charge >= 0.3 is 0 Å². The maximum atomic E-state index is 7.79. The van der Waals surface area contributed by atoms with E-state index >= 15 is 0 Å². The molecule has 0 saturated carbocycles. The summed E-state index contributed by atoms with van der Waals surface area (Å²) in [6.07, 6.45) is 6.85. The zero-order valence-corrected chi connectivity index (χ0v) is 44.7. The molecular weight excluding hydrogens is 872 g/mol. The van der Waals surface area contributed by atoms with Crippen molar-refractivity contribution in [3.8, 4) is 22.3 Å². The molecule has 4 heterocycles. The van der Waals surface area contributed by atoms with E-state index in [1.165, 1.54) is 124 Å². The number of furan rings is 1. The van der Waals surface area contributed by atoms with Gasteiger partial charge in [-0.1, -0.05) is 143 Å². The molecule has 8 aromatic rings. The van der Waals surface area contributed by atoms with Crippen molar-refractivity contribution in [3.63, 3.8) is 0 Å². The lowest BCUT2D eigenvalue weighted by molar-refractivity contribution is 0.332. The Bertz CT molecular complexity index is 3680. The number of fused-ring (bicyclic) bond motifs is 13. The molecule has 0 spiro atoms. The molecule has 4 heteroatoms. The van der Waals surface area contributed by atoms with Crippen LogP contribution in [0.5, 0.6) is 0 Å². The van der Waals surface area contributed by atoms with Gasteiger partial charge in [0.15, 0.2) is 0 Å². The maximum absolute atomic E-state index is 7.79. The first-order valence-electron chi connectivity index (χ1n) is 27.2. The van der Waals surface area contributed by atoms with E-state index in [1.807, 2.05) is 0 Å². The van der Waals surface area contributed by atoms with Crippen LogP contribution in [0.25, 0.3) is 33.2 Å². The Balaban J connectivity index is 1.14. The molecule has 0 N–H and O–H groups in total. The van der Waals surface area contributed by atoms with Crippen LogP contribution < -0.4 is 26.4 Å². The lowest BCUT2D eigenvalue weighted by atomic mass is 9.35. The third-order valence-electron chi connectivity index (χ3n) is 19.7. The summed E-state index contributed by atoms with van der Waals surface area (Å²) < 4.78 is 7.79. The van der Waals surface area contributed by atoms with E-state index in [-0.39, 0.29) is 39.2 Å². The fraction of sp³-hybridized carbons (Fsp3) is 0.353. The maximum Gasteiger partial charge on any atom is 0.297 e. The molecule has 3 aliphatic heterocycles. The van der Waals surface area contributed by atoms with Gasteiger partial charge < -0.3 is 14.2 Å². The average molecular weight is 941 g/mol. The van der Waals surface area contributed by atoms with E-state index in [9.17, 15) is 0 Å². The predicted octanol–water partition coefficient (Wildman–Crippen LogP) is 16.5. The molecule has 3 nitrogen and oxygen atoms in total. The van der Waals surface area contributed by atoms with Crippen LogP contribution in [-0.2, 0) is 32.5 Å². The molecule has 1 unspecified atom stereocenters. The SMILES string of the molecule is Cc1cc2c3c(c1)N1c4cc(-c5ccccc5)cc(c4)-c4cccc(c4)C4(C)CCC(C)(C)c5cc6oc(c1c6cc54)B3c1cc3c(cc1N2c1ccc2c(c1)C(C)(C)CCC2(C)C)C(C)(C)CCC3(C)C. The van der Waals surface area contributed by atoms with E-state index in [4.69, 9.17) is 4.42 Å². The summed E-state index contributed by atoms with van der Waals surface area (Å²) in [5.74, 6) is 0. The molecule has 0 amide bonds. The van der Waals surface area contributed by atoms with Crippen LogP contribution in [0.4, 0.5) is 34.1 Å². The van der Waals surface area contributed by atoms with Crippen molar-refractivity contribution in [1.29, 1.82) is 0 Å². The molecule has 1 atom stereocenters. The van der Waals surface area contributed by atoms with Gasteiger partial charge in [0.05, 0.1) is 11.3 Å². The topological polar surface area (TPSA) is 19.6 Å². The van der Waals surface area contributed by atoms with Crippen LogP contribution in [0.1, 0.15) is 159 Å². The molecule has 0 radical (unpaired) electrons. The Kier molecular flexibility index (Phi) is 8.81. The van der Waals surface area contributed by atoms with Crippen molar-refractivity contribution < 1.29 is 4.42 Å². The van der Waals surface area contributed by atoms with Gasteiger partial charge in [-0.05, 0) is 211 Å². The standard InChI is InChI=1S/C68H69BN2O/c1-40-29-57-60-58(30-40)71-47-33-43(41-17-14-13-15-18-41)31-44(34-47)42-19-16-20-45(32-42)68(12)28-27-67(10,11)53-39-59-48(36-54(53)68)61(71)62(72-59)69(60)55-37-51-52(66(8,9)26-25-65(51,6)7)38-56(55)70(57)46-21-22-49-50(35-46)64(4,5)24-23-63(49,2)3/h13-22,29-39H,23-28H2,1-12H3. The van der Waals surface area contributed by atoms with E-state index in [0.29, 0.717) is 0 Å². The predicted molar refractivity (Wildman–Crippen MR) is 305 cm³/mol. The molecule has 0 fully saturated rings. The lowest BCUT2D eigenvalue weighted by Crippen LogP contribution is -2.61. The fourth-order valence-electron chi connectivity index (χ4n) is 14.9. The third-order valence-corrected chi connectivity index (χ3v) is 19.7. The first-order chi connectivity index (χ1) is 34.1. The van der Waals surface area contributed by atoms with E-state index in [1.54, 1.807) is 0 Å². The quantitative estimate of drug-likeness (QED) is 0.161. The minimum atomic E-state index is -0.187. The van der Waals surface area contributed by atoms with Gasteiger partial charge in [-0.15, -0.1) is 0 Å². The van der Waals surface area contributed by atoms with Gasteiger partial charge in [-0.3, -0.25) is 0 Å². The number of anilines is 6. The third kappa shape index (κ3) is 6.05. The Hall–Kier alpha value is -6.26. The van der Waals surface area contributed by atoms with Crippen molar-refractivity contribution >= 4 is 68.4 Å². The van der Waals surface area contributed by atoms with Gasteiger partial charge in [0.2, 0.25) is 0 Å². The Labute approximate surface area is 428 Å². The average Bonchev–Trinajstić information content (AvgIpc) is 3.73. The van der Waals surface area contributed by atoms with Crippen molar-refractivity contribution in [1.82, 2.24) is 0 Å². The van der Waals surface area contributed by atoms with Crippen molar-refractivity contribution in [2.24, 2.45) is 0 Å². The second-order valence-electron chi connectivity index (χ2n) is 26.7. The summed E-state index contributed by atoms with van der Waals surface area (Å²) >= 11 is 0. The molecule has 6 aliphatic rings. The minimum Gasteiger partial charge on any atom is -0.468 e. The van der Waals surface area contributed by atoms with Crippen LogP contribution in [0.15, 0.2) is 132 Å². The Morgan fingerprint density at radius 3 is 1.71 bits per heavy atom. The molecule has 0 saturated heterocycles. The normalized spacial score (nSPS) is 21.5. The second kappa shape index (κ2) is 14.3. The summed E-state index contributed by atoms with van der Waals surface area (Å²) in [6.45, 7) is 29.4. The highest BCUT2D eigenvalue weighted by Gasteiger charge is 2.51. The summed E-state index contributed by atoms with van der Waals surface area (Å²) in [4.78, 5) is 5.32. The number of nitrogens with zero attached hydrogens (tertiary/aromatic N) is 2. The zero-order valence-electron chi connectivity index (χ0n) is 44.7. The van der Waals surface area contributed by atoms with Gasteiger partial charge in [0, 0.05) is 39.2 Å². The number of aryl methyl sites for hydroxylation is 1. The van der Waals surface area contributed by atoms with Crippen molar-refractivity contribution in [2.45, 2.75) is 154 Å². The molecule has 6 bridgehead atoms. The number of rotatable bonds is 2. The Morgan fingerprint density at radius 2 is 1.01 bits per heavy atom. The van der Waals surface area contributed by atoms with Gasteiger partial charge in [0.25, 0.3) is 6.71 Å². The second-order valence-corrected chi connectivity index (χ2v) is 26.7. The highest BCUT2D eigenvalue weighted by Crippen LogP contribution is 2.56. The van der Waals surface area contributed by atoms with Gasteiger partial charge in [-0.25, -0.2) is 0 Å². The van der Waals surface area contributed by atoms with E-state index in [0.717, 1.165) is 42.6 Å². The Morgan fingerprint density at radius 1 is 0.431 bits per heavy atom. The molecular formula is C68H69BN2O. The summed E-state index contributed by atoms with van der Waals surface area (Å²) in [5, 5.41) is 1.20. The van der Waals surface area contributed by atoms with Crippen LogP contribution in [0.2, 0.25) is 0 Å².